The van der Waals surface area contributed by atoms with Crippen LogP contribution < -0.4 is 5.32 Å². The maximum Gasteiger partial charge on any atom is 0.289 e. The van der Waals surface area contributed by atoms with Crippen molar-refractivity contribution in [3.8, 4) is 0 Å². The minimum atomic E-state index is -0.292. The highest BCUT2D eigenvalue weighted by Crippen LogP contribution is 2.07. The van der Waals surface area contributed by atoms with E-state index in [4.69, 9.17) is 9.52 Å². The lowest BCUT2D eigenvalue weighted by molar-refractivity contribution is 0.0922. The number of oxazole rings is 1. The van der Waals surface area contributed by atoms with E-state index in [0.717, 1.165) is 11.1 Å². The lowest BCUT2D eigenvalue weighted by atomic mass is 10.1. The lowest BCUT2D eigenvalue weighted by Gasteiger charge is -2.05. The molecule has 1 aromatic carbocycles. The Kier molecular flexibility index (Phi) is 3.74. The quantitative estimate of drug-likeness (QED) is 0.855. The normalized spacial score (nSPS) is 10.3. The molecule has 0 radical (unpaired) electrons. The van der Waals surface area contributed by atoms with Crippen molar-refractivity contribution >= 4 is 5.91 Å². The lowest BCUT2D eigenvalue weighted by Crippen LogP contribution is -2.23. The molecule has 0 unspecified atom stereocenters. The fourth-order valence-corrected chi connectivity index (χ4v) is 1.62. The third-order valence-corrected chi connectivity index (χ3v) is 2.58. The van der Waals surface area contributed by atoms with Gasteiger partial charge in [0.05, 0.1) is 12.3 Å². The molecule has 0 bridgehead atoms. The van der Waals surface area contributed by atoms with Crippen molar-refractivity contribution in [2.45, 2.75) is 20.1 Å². The molecule has 2 N–H and O–H groups in total. The van der Waals surface area contributed by atoms with Crippen LogP contribution in [0.25, 0.3) is 0 Å². The molecule has 5 heteroatoms. The predicted octanol–water partition coefficient (Wildman–Crippen LogP) is 1.41. The Morgan fingerprint density at radius 3 is 2.89 bits per heavy atom. The molecule has 0 aliphatic carbocycles. The Labute approximate surface area is 104 Å². The number of nitrogens with one attached hydrogen (secondary N) is 1. The van der Waals surface area contributed by atoms with Gasteiger partial charge in [0.2, 0.25) is 5.76 Å². The van der Waals surface area contributed by atoms with Crippen molar-refractivity contribution in [3.05, 3.63) is 53.2 Å². The molecule has 0 saturated carbocycles. The number of rotatable bonds is 4. The number of hydrogen-bond donors (Lipinski definition) is 2. The number of nitrogens with zero attached hydrogens (tertiary/aromatic N) is 1. The van der Waals surface area contributed by atoms with Crippen molar-refractivity contribution in [2.24, 2.45) is 0 Å². The number of aromatic nitrogens is 1. The van der Waals surface area contributed by atoms with Crippen LogP contribution in [0.3, 0.4) is 0 Å². The van der Waals surface area contributed by atoms with Crippen molar-refractivity contribution in [3.63, 3.8) is 0 Å². The van der Waals surface area contributed by atoms with Crippen LogP contribution >= 0.6 is 0 Å². The van der Waals surface area contributed by atoms with Gasteiger partial charge in [-0.2, -0.15) is 0 Å². The van der Waals surface area contributed by atoms with Gasteiger partial charge in [-0.05, 0) is 18.1 Å². The molecule has 2 aromatic rings. The number of aliphatic hydroxyl groups is 1. The van der Waals surface area contributed by atoms with E-state index in [9.17, 15) is 4.79 Å². The Hall–Kier alpha value is -2.14. The van der Waals surface area contributed by atoms with Gasteiger partial charge in [-0.1, -0.05) is 24.3 Å². The molecule has 5 nitrogen and oxygen atoms in total. The number of amides is 1. The van der Waals surface area contributed by atoms with Gasteiger partial charge in [-0.15, -0.1) is 0 Å². The summed E-state index contributed by atoms with van der Waals surface area (Å²) in [5.41, 5.74) is 2.31. The molecule has 18 heavy (non-hydrogen) atoms. The molecule has 0 spiro atoms. The van der Waals surface area contributed by atoms with Gasteiger partial charge >= 0.3 is 0 Å². The van der Waals surface area contributed by atoms with Crippen LogP contribution in [-0.4, -0.2) is 16.0 Å². The summed E-state index contributed by atoms with van der Waals surface area (Å²) in [6.45, 7) is 2.08. The van der Waals surface area contributed by atoms with E-state index in [2.05, 4.69) is 10.3 Å². The summed E-state index contributed by atoms with van der Waals surface area (Å²) in [4.78, 5) is 15.6. The highest BCUT2D eigenvalue weighted by atomic mass is 16.3. The molecule has 94 valence electrons. The summed E-state index contributed by atoms with van der Waals surface area (Å²) in [6, 6.07) is 7.39. The van der Waals surface area contributed by atoms with Crippen molar-refractivity contribution < 1.29 is 14.3 Å². The fourth-order valence-electron chi connectivity index (χ4n) is 1.62. The second kappa shape index (κ2) is 5.46. The summed E-state index contributed by atoms with van der Waals surface area (Å²) < 4.78 is 5.00. The van der Waals surface area contributed by atoms with Crippen molar-refractivity contribution in [1.29, 1.82) is 0 Å². The molecule has 0 fully saturated rings. The molecule has 0 atom stereocenters. The third kappa shape index (κ3) is 2.75. The van der Waals surface area contributed by atoms with E-state index in [1.54, 1.807) is 6.92 Å². The number of hydrogen-bond acceptors (Lipinski definition) is 4. The topological polar surface area (TPSA) is 75.4 Å². The second-order valence-electron chi connectivity index (χ2n) is 3.93. The zero-order valence-corrected chi connectivity index (χ0v) is 10.0. The van der Waals surface area contributed by atoms with E-state index < -0.39 is 0 Å². The van der Waals surface area contributed by atoms with Crippen LogP contribution in [0.2, 0.25) is 0 Å². The zero-order chi connectivity index (χ0) is 13.0. The average Bonchev–Trinajstić information content (AvgIpc) is 2.82. The van der Waals surface area contributed by atoms with Crippen LogP contribution in [0.15, 0.2) is 35.1 Å². The van der Waals surface area contributed by atoms with E-state index >= 15 is 0 Å². The van der Waals surface area contributed by atoms with E-state index in [1.165, 1.54) is 6.39 Å². The van der Waals surface area contributed by atoms with Crippen LogP contribution in [0.5, 0.6) is 0 Å². The molecule has 1 amide bonds. The minimum Gasteiger partial charge on any atom is -0.438 e. The second-order valence-corrected chi connectivity index (χ2v) is 3.93. The summed E-state index contributed by atoms with van der Waals surface area (Å²) >= 11 is 0. The van der Waals surface area contributed by atoms with Gasteiger partial charge < -0.3 is 14.8 Å². The van der Waals surface area contributed by atoms with Gasteiger partial charge in [0.15, 0.2) is 6.39 Å². The Bertz CT molecular complexity index is 549. The molecule has 1 aromatic heterocycles. The van der Waals surface area contributed by atoms with Crippen LogP contribution in [-0.2, 0) is 13.2 Å². The summed E-state index contributed by atoms with van der Waals surface area (Å²) in [6.07, 6.45) is 1.25. The molecule has 0 saturated heterocycles. The molecular formula is C13H14N2O3. The smallest absolute Gasteiger partial charge is 0.289 e. The number of carbonyl (C=O) groups excluding carboxylic acids is 1. The van der Waals surface area contributed by atoms with Gasteiger partial charge in [-0.3, -0.25) is 4.79 Å². The third-order valence-electron chi connectivity index (χ3n) is 2.58. The summed E-state index contributed by atoms with van der Waals surface area (Å²) in [5.74, 6) is -0.0623. The standard InChI is InChI=1S/C13H14N2O3/c1-9-12(18-8-15-9)13(17)14-6-10-3-2-4-11(5-10)7-16/h2-5,8,16H,6-7H2,1H3,(H,14,17). The first-order valence-corrected chi connectivity index (χ1v) is 5.57. The van der Waals surface area contributed by atoms with Gasteiger partial charge in [0.1, 0.15) is 0 Å². The minimum absolute atomic E-state index is 0.0109. The predicted molar refractivity (Wildman–Crippen MR) is 64.8 cm³/mol. The summed E-state index contributed by atoms with van der Waals surface area (Å²) in [5, 5.41) is 11.8. The fraction of sp³-hybridized carbons (Fsp3) is 0.231. The molecular weight excluding hydrogens is 232 g/mol. The average molecular weight is 246 g/mol. The molecule has 0 aliphatic heterocycles. The Balaban J connectivity index is 1.99. The number of aliphatic hydroxyl groups excluding tert-OH is 1. The van der Waals surface area contributed by atoms with E-state index in [1.807, 2.05) is 24.3 Å². The maximum atomic E-state index is 11.8. The van der Waals surface area contributed by atoms with Gasteiger partial charge in [0, 0.05) is 6.54 Å². The van der Waals surface area contributed by atoms with Crippen LogP contribution in [0, 0.1) is 6.92 Å². The molecule has 1 heterocycles. The van der Waals surface area contributed by atoms with Crippen LogP contribution in [0.1, 0.15) is 27.4 Å². The monoisotopic (exact) mass is 246 g/mol. The van der Waals surface area contributed by atoms with Gasteiger partial charge in [-0.25, -0.2) is 4.98 Å². The Morgan fingerprint density at radius 2 is 2.22 bits per heavy atom. The molecule has 2 rings (SSSR count). The summed E-state index contributed by atoms with van der Waals surface area (Å²) in [7, 11) is 0. The maximum absolute atomic E-state index is 11.8. The highest BCUT2D eigenvalue weighted by Gasteiger charge is 2.13. The van der Waals surface area contributed by atoms with Crippen molar-refractivity contribution in [2.75, 3.05) is 0 Å². The first kappa shape index (κ1) is 12.3. The first-order chi connectivity index (χ1) is 8.70. The zero-order valence-electron chi connectivity index (χ0n) is 10.0. The number of benzene rings is 1. The van der Waals surface area contributed by atoms with E-state index in [0.29, 0.717) is 12.2 Å². The van der Waals surface area contributed by atoms with Gasteiger partial charge in [0.25, 0.3) is 5.91 Å². The van der Waals surface area contributed by atoms with Crippen LogP contribution in [0.4, 0.5) is 0 Å². The first-order valence-electron chi connectivity index (χ1n) is 5.57. The Morgan fingerprint density at radius 1 is 1.44 bits per heavy atom. The largest absolute Gasteiger partial charge is 0.438 e. The van der Waals surface area contributed by atoms with Crippen molar-refractivity contribution in [1.82, 2.24) is 10.3 Å². The molecule has 0 aliphatic rings. The number of aryl methyl sites for hydroxylation is 1. The SMILES string of the molecule is Cc1ncoc1C(=O)NCc1cccc(CO)c1. The highest BCUT2D eigenvalue weighted by molar-refractivity contribution is 5.92. The van der Waals surface area contributed by atoms with E-state index in [-0.39, 0.29) is 18.3 Å². The number of carbonyl (C=O) groups is 1.